The van der Waals surface area contributed by atoms with Crippen LogP contribution in [0.4, 0.5) is 0 Å². The molecule has 1 aromatic carbocycles. The van der Waals surface area contributed by atoms with Crippen LogP contribution in [-0.2, 0) is 16.0 Å². The van der Waals surface area contributed by atoms with Crippen LogP contribution in [0, 0.1) is 26.7 Å². The van der Waals surface area contributed by atoms with Gasteiger partial charge in [-0.1, -0.05) is 30.3 Å². The quantitative estimate of drug-likeness (QED) is 0.0933. The van der Waals surface area contributed by atoms with E-state index in [-0.39, 0.29) is 5.56 Å². The summed E-state index contributed by atoms with van der Waals surface area (Å²) in [5.74, 6) is -7.41. The maximum absolute atomic E-state index is 12.5. The molecule has 0 fully saturated rings. The highest BCUT2D eigenvalue weighted by atomic mass is 17.1. The highest BCUT2D eigenvalue weighted by molar-refractivity contribution is 6.05. The molecule has 0 atom stereocenters. The van der Waals surface area contributed by atoms with Gasteiger partial charge in [-0.15, -0.1) is 0 Å². The summed E-state index contributed by atoms with van der Waals surface area (Å²) in [6.07, 6.45) is -8.54. The first-order valence-corrected chi connectivity index (χ1v) is 7.60. The van der Waals surface area contributed by atoms with Gasteiger partial charge in [-0.2, -0.15) is 41.7 Å². The van der Waals surface area contributed by atoms with Crippen molar-refractivity contribution < 1.29 is 71.1 Å². The van der Waals surface area contributed by atoms with Crippen molar-refractivity contribution in [2.75, 3.05) is 0 Å². The lowest BCUT2D eigenvalue weighted by Crippen LogP contribution is -2.69. The second-order valence-electron chi connectivity index (χ2n) is 6.15. The molecule has 0 saturated carbocycles. The van der Waals surface area contributed by atoms with Crippen molar-refractivity contribution in [3.63, 3.8) is 0 Å². The number of ketones is 2. The first kappa shape index (κ1) is 26.0. The van der Waals surface area contributed by atoms with E-state index in [2.05, 4.69) is 0 Å². The van der Waals surface area contributed by atoms with Crippen molar-refractivity contribution in [1.29, 1.82) is 0 Å². The molecule has 18 nitrogen and oxygen atoms in total. The van der Waals surface area contributed by atoms with Gasteiger partial charge in [0.15, 0.2) is 0 Å². The minimum absolute atomic E-state index is 0.0405. The van der Waals surface area contributed by atoms with E-state index in [0.29, 0.717) is 0 Å². The van der Waals surface area contributed by atoms with Crippen LogP contribution < -0.4 is 0 Å². The molecule has 0 aromatic heterocycles. The molecule has 1 rings (SSSR count). The monoisotopic (exact) mass is 442 g/mol. The van der Waals surface area contributed by atoms with Gasteiger partial charge in [0, 0.05) is 0 Å². The van der Waals surface area contributed by atoms with E-state index in [4.69, 9.17) is 41.7 Å². The molecule has 0 heterocycles. The number of carbonyl (C=O) groups is 2. The van der Waals surface area contributed by atoms with Crippen LogP contribution in [0.15, 0.2) is 30.3 Å². The highest BCUT2D eigenvalue weighted by Crippen LogP contribution is 2.26. The van der Waals surface area contributed by atoms with E-state index in [1.54, 1.807) is 0 Å². The SMILES string of the molecule is O=C(C(Cc1ccccc1)C(=O)C([N+]([O-])(O)O)[N+]([O-])(O)O)C([N+]([O-])(O)O)[N+]([O-])(O)O. The Bertz CT molecular complexity index is 675. The fourth-order valence-corrected chi connectivity index (χ4v) is 2.61. The zero-order valence-corrected chi connectivity index (χ0v) is 14.6. The Kier molecular flexibility index (Phi) is 7.42. The van der Waals surface area contributed by atoms with Crippen molar-refractivity contribution >= 4 is 11.6 Å². The standard InChI is InChI=1S/C12H18N4O14/c17-9(11(13(19,20)21)14(22,23)24)8(6-7-4-2-1-3-5-7)10(18)12(15(25,26)27)16(28,29)30/h1-5,8,11-12,19-20,22-23,25-26,28-29H,6H2. The second kappa shape index (κ2) is 8.58. The Balaban J connectivity index is 3.59. The predicted molar refractivity (Wildman–Crippen MR) is 80.0 cm³/mol. The van der Waals surface area contributed by atoms with Crippen LogP contribution in [0.25, 0.3) is 0 Å². The molecule has 18 heteroatoms. The lowest BCUT2D eigenvalue weighted by atomic mass is 9.88. The normalized spacial score (nSPS) is 14.0. The summed E-state index contributed by atoms with van der Waals surface area (Å²) in [6.45, 7) is 0. The Hall–Kier alpha value is -2.08. The summed E-state index contributed by atoms with van der Waals surface area (Å²) in [6, 6.07) is 6.48. The Morgan fingerprint density at radius 2 is 0.967 bits per heavy atom. The Labute approximate surface area is 165 Å². The van der Waals surface area contributed by atoms with Crippen LogP contribution >= 0.6 is 0 Å². The van der Waals surface area contributed by atoms with Crippen molar-refractivity contribution in [1.82, 2.24) is 0 Å². The first-order chi connectivity index (χ1) is 13.3. The number of hydrogen-bond acceptors (Lipinski definition) is 14. The van der Waals surface area contributed by atoms with Crippen molar-refractivity contribution in [3.8, 4) is 0 Å². The van der Waals surface area contributed by atoms with E-state index in [1.165, 1.54) is 30.3 Å². The molecule has 0 unspecified atom stereocenters. The molecule has 8 N–H and O–H groups in total. The molecular formula is C12H18N4O14. The number of nitrogens with zero attached hydrogens (tertiary/aromatic N) is 4. The van der Waals surface area contributed by atoms with Gasteiger partial charge in [0.25, 0.3) is 11.6 Å². The molecule has 0 aliphatic rings. The fraction of sp³-hybridized carbons (Fsp3) is 0.333. The number of rotatable bonds is 10. The van der Waals surface area contributed by atoms with Gasteiger partial charge >= 0.3 is 12.3 Å². The molecule has 1 aromatic rings. The lowest BCUT2D eigenvalue weighted by molar-refractivity contribution is -1.37. The molecule has 0 saturated heterocycles. The summed E-state index contributed by atoms with van der Waals surface area (Å²) in [4.78, 5) is 9.02. The van der Waals surface area contributed by atoms with Gasteiger partial charge in [0.1, 0.15) is 5.92 Å². The smallest absolute Gasteiger partial charge is 0.397 e. The number of benzene rings is 1. The highest BCUT2D eigenvalue weighted by Gasteiger charge is 2.59. The summed E-state index contributed by atoms with van der Waals surface area (Å²) in [7, 11) is 0. The third kappa shape index (κ3) is 6.46. The van der Waals surface area contributed by atoms with Crippen LogP contribution in [0.5, 0.6) is 0 Å². The van der Waals surface area contributed by atoms with Crippen molar-refractivity contribution in [3.05, 3.63) is 56.7 Å². The predicted octanol–water partition coefficient (Wildman–Crippen LogP) is -0.992. The fourth-order valence-electron chi connectivity index (χ4n) is 2.61. The van der Waals surface area contributed by atoms with E-state index in [9.17, 15) is 30.4 Å². The van der Waals surface area contributed by atoms with Gasteiger partial charge in [0.2, 0.25) is 0 Å². The molecule has 0 radical (unpaired) electrons. The topological polar surface area (TPSA) is 288 Å². The average molecular weight is 442 g/mol. The number of hydroxylamine groups is 12. The zero-order chi connectivity index (χ0) is 23.7. The number of carbonyl (C=O) groups excluding carboxylic acids is 2. The molecule has 0 bridgehead atoms. The summed E-state index contributed by atoms with van der Waals surface area (Å²) in [5, 5.41) is 117. The molecule has 0 aliphatic heterocycles. The maximum atomic E-state index is 12.5. The summed E-state index contributed by atoms with van der Waals surface area (Å²) in [5.41, 5.74) is -0.0405. The summed E-state index contributed by atoms with van der Waals surface area (Å²) >= 11 is 0. The number of hydrogen-bond donors (Lipinski definition) is 8. The molecule has 0 amide bonds. The van der Waals surface area contributed by atoms with Gasteiger partial charge in [0.05, 0.1) is 0 Å². The summed E-state index contributed by atoms with van der Waals surface area (Å²) < 4.78 is 0. The van der Waals surface area contributed by atoms with Crippen LogP contribution in [0.2, 0.25) is 0 Å². The number of quaternary nitrogens is 4. The Morgan fingerprint density at radius 3 is 1.23 bits per heavy atom. The minimum Gasteiger partial charge on any atom is -0.559 e. The van der Waals surface area contributed by atoms with Crippen LogP contribution in [-0.4, -0.2) is 85.4 Å². The minimum atomic E-state index is -4.00. The molecule has 170 valence electrons. The first-order valence-electron chi connectivity index (χ1n) is 7.60. The lowest BCUT2D eigenvalue weighted by Gasteiger charge is -2.40. The Morgan fingerprint density at radius 1 is 0.667 bits per heavy atom. The molecule has 0 aliphatic carbocycles. The maximum Gasteiger partial charge on any atom is 0.397 e. The zero-order valence-electron chi connectivity index (χ0n) is 14.6. The third-order valence-corrected chi connectivity index (χ3v) is 3.75. The largest absolute Gasteiger partial charge is 0.559 e. The van der Waals surface area contributed by atoms with Gasteiger partial charge in [-0.3, -0.25) is 9.59 Å². The van der Waals surface area contributed by atoms with Crippen molar-refractivity contribution in [2.24, 2.45) is 5.92 Å². The average Bonchev–Trinajstić information content (AvgIpc) is 2.47. The molecule has 0 spiro atoms. The molecular weight excluding hydrogens is 424 g/mol. The van der Waals surface area contributed by atoms with E-state index in [0.717, 1.165) is 0 Å². The van der Waals surface area contributed by atoms with Gasteiger partial charge in [-0.05, 0) is 31.9 Å². The molecule has 30 heavy (non-hydrogen) atoms. The number of Topliss-reactive ketones (excluding diaryl/α,β-unsaturated/α-hetero) is 2. The van der Waals surface area contributed by atoms with Gasteiger partial charge < -0.3 is 20.8 Å². The van der Waals surface area contributed by atoms with E-state index >= 15 is 0 Å². The second-order valence-corrected chi connectivity index (χ2v) is 6.15. The van der Waals surface area contributed by atoms with Gasteiger partial charge in [-0.25, -0.2) is 0 Å². The van der Waals surface area contributed by atoms with Crippen molar-refractivity contribution in [2.45, 2.75) is 18.8 Å². The van der Waals surface area contributed by atoms with Crippen LogP contribution in [0.3, 0.4) is 0 Å². The van der Waals surface area contributed by atoms with Crippen LogP contribution in [0.1, 0.15) is 5.56 Å². The van der Waals surface area contributed by atoms with E-state index < -0.39 is 56.1 Å². The third-order valence-electron chi connectivity index (χ3n) is 3.75. The van der Waals surface area contributed by atoms with E-state index in [1.807, 2.05) is 0 Å².